The molecule has 0 aromatic rings. The highest BCUT2D eigenvalue weighted by atomic mass is 16.5. The first kappa shape index (κ1) is 13.5. The molecule has 0 bridgehead atoms. The summed E-state index contributed by atoms with van der Waals surface area (Å²) in [4.78, 5) is 10.2. The molecule has 0 aliphatic heterocycles. The molecular formula is C12H19NO2. The fourth-order valence-corrected chi connectivity index (χ4v) is 1.19. The second-order valence-corrected chi connectivity index (χ2v) is 3.16. The Morgan fingerprint density at radius 3 is 2.53 bits per heavy atom. The topological polar surface area (TPSA) is 52.3 Å². The number of carbonyl (C=O) groups excluding carboxylic acids is 1. The lowest BCUT2D eigenvalue weighted by Crippen LogP contribution is -2.13. The van der Waals surface area contributed by atoms with Crippen molar-refractivity contribution < 1.29 is 9.53 Å². The molecule has 3 heteroatoms. The zero-order valence-corrected chi connectivity index (χ0v) is 9.08. The fraction of sp³-hybridized carbons (Fsp3) is 0.417. The maximum atomic E-state index is 10.2. The van der Waals surface area contributed by atoms with E-state index in [4.69, 9.17) is 5.73 Å². The number of rotatable bonds is 8. The lowest BCUT2D eigenvalue weighted by molar-refractivity contribution is 0.154. The number of allylic oxidation sites excluding steroid dienone is 4. The maximum absolute atomic E-state index is 10.2. The summed E-state index contributed by atoms with van der Waals surface area (Å²) in [6, 6.07) is 0. The molecule has 0 saturated heterocycles. The molecule has 0 fully saturated rings. The van der Waals surface area contributed by atoms with Crippen molar-refractivity contribution in [2.75, 3.05) is 6.61 Å². The monoisotopic (exact) mass is 209 g/mol. The number of amides is 1. The molecule has 0 rings (SSSR count). The van der Waals surface area contributed by atoms with Crippen LogP contribution in [0.5, 0.6) is 0 Å². The molecule has 0 radical (unpaired) electrons. The van der Waals surface area contributed by atoms with Gasteiger partial charge >= 0.3 is 6.09 Å². The number of primary amides is 1. The molecule has 0 heterocycles. The third-order valence-corrected chi connectivity index (χ3v) is 1.95. The predicted molar refractivity (Wildman–Crippen MR) is 62.5 cm³/mol. The second-order valence-electron chi connectivity index (χ2n) is 3.16. The molecule has 0 aliphatic carbocycles. The summed E-state index contributed by atoms with van der Waals surface area (Å²) in [5.41, 5.74) is 6.00. The summed E-state index contributed by atoms with van der Waals surface area (Å²) < 4.78 is 4.61. The van der Waals surface area contributed by atoms with Crippen LogP contribution in [0.15, 0.2) is 37.0 Å². The van der Waals surface area contributed by atoms with Crippen molar-refractivity contribution in [1.29, 1.82) is 0 Å². The Labute approximate surface area is 91.3 Å². The fourth-order valence-electron chi connectivity index (χ4n) is 1.19. The quantitative estimate of drug-likeness (QED) is 0.493. The molecule has 15 heavy (non-hydrogen) atoms. The van der Waals surface area contributed by atoms with Crippen LogP contribution in [-0.4, -0.2) is 12.7 Å². The highest BCUT2D eigenvalue weighted by Gasteiger charge is 1.95. The van der Waals surface area contributed by atoms with Crippen molar-refractivity contribution in [3.05, 3.63) is 37.0 Å². The molecule has 0 aromatic carbocycles. The van der Waals surface area contributed by atoms with Gasteiger partial charge in [-0.1, -0.05) is 31.4 Å². The normalized spacial score (nSPS) is 10.8. The molecule has 0 aromatic heterocycles. The Morgan fingerprint density at radius 1 is 1.27 bits per heavy atom. The third-order valence-electron chi connectivity index (χ3n) is 1.95. The van der Waals surface area contributed by atoms with Crippen molar-refractivity contribution in [3.63, 3.8) is 0 Å². The van der Waals surface area contributed by atoms with Gasteiger partial charge in [0.25, 0.3) is 0 Å². The van der Waals surface area contributed by atoms with Crippen molar-refractivity contribution in [2.45, 2.75) is 25.7 Å². The summed E-state index contributed by atoms with van der Waals surface area (Å²) in [7, 11) is 0. The smallest absolute Gasteiger partial charge is 0.404 e. The van der Waals surface area contributed by atoms with Crippen LogP contribution in [0.25, 0.3) is 0 Å². The number of hydrogen-bond acceptors (Lipinski definition) is 2. The second kappa shape index (κ2) is 9.06. The van der Waals surface area contributed by atoms with E-state index in [2.05, 4.69) is 17.9 Å². The Hall–Kier alpha value is -1.51. The first-order chi connectivity index (χ1) is 7.20. The molecule has 3 nitrogen and oxygen atoms in total. The van der Waals surface area contributed by atoms with E-state index >= 15 is 0 Å². The number of ether oxygens (including phenoxy) is 1. The van der Waals surface area contributed by atoms with Crippen LogP contribution >= 0.6 is 0 Å². The van der Waals surface area contributed by atoms with Crippen LogP contribution in [0.1, 0.15) is 25.7 Å². The minimum atomic E-state index is -0.701. The number of unbranched alkanes of at least 4 members (excludes halogenated alkanes) is 2. The van der Waals surface area contributed by atoms with Gasteiger partial charge in [-0.3, -0.25) is 0 Å². The van der Waals surface area contributed by atoms with Gasteiger partial charge in [0.05, 0.1) is 6.61 Å². The van der Waals surface area contributed by atoms with Crippen molar-refractivity contribution in [3.8, 4) is 0 Å². The van der Waals surface area contributed by atoms with E-state index < -0.39 is 6.09 Å². The molecule has 0 unspecified atom stereocenters. The lowest BCUT2D eigenvalue weighted by Gasteiger charge is -2.02. The van der Waals surface area contributed by atoms with Gasteiger partial charge in [-0.05, 0) is 31.3 Å². The maximum Gasteiger partial charge on any atom is 0.404 e. The summed E-state index contributed by atoms with van der Waals surface area (Å²) in [6.07, 6.45) is 8.73. The summed E-state index contributed by atoms with van der Waals surface area (Å²) in [5, 5.41) is 0. The Kier molecular flexibility index (Phi) is 8.15. The van der Waals surface area contributed by atoms with E-state index in [0.717, 1.165) is 25.7 Å². The molecule has 0 spiro atoms. The van der Waals surface area contributed by atoms with Gasteiger partial charge in [-0.25, -0.2) is 4.79 Å². The largest absolute Gasteiger partial charge is 0.450 e. The van der Waals surface area contributed by atoms with Crippen LogP contribution in [-0.2, 0) is 4.74 Å². The van der Waals surface area contributed by atoms with E-state index in [1.807, 2.05) is 12.2 Å². The first-order valence-corrected chi connectivity index (χ1v) is 5.07. The highest BCUT2D eigenvalue weighted by molar-refractivity contribution is 5.64. The van der Waals surface area contributed by atoms with Gasteiger partial charge < -0.3 is 10.5 Å². The van der Waals surface area contributed by atoms with Gasteiger partial charge in [-0.15, -0.1) is 0 Å². The standard InChI is InChI=1S/C12H19NO2/c1-3-8-11(4-2)9-6-5-7-10-15-12(13)14/h3-4,8H,1-2,5-7,9-10H2,(H2,13,14)/b11-8+. The summed E-state index contributed by atoms with van der Waals surface area (Å²) in [5.74, 6) is 0. The zero-order valence-electron chi connectivity index (χ0n) is 9.08. The van der Waals surface area contributed by atoms with E-state index in [9.17, 15) is 4.79 Å². The molecule has 84 valence electrons. The third kappa shape index (κ3) is 8.81. The van der Waals surface area contributed by atoms with Crippen LogP contribution in [0, 0.1) is 0 Å². The minimum absolute atomic E-state index is 0.407. The van der Waals surface area contributed by atoms with Gasteiger partial charge in [-0.2, -0.15) is 0 Å². The van der Waals surface area contributed by atoms with Gasteiger partial charge in [0.2, 0.25) is 0 Å². The van der Waals surface area contributed by atoms with E-state index in [0.29, 0.717) is 6.61 Å². The lowest BCUT2D eigenvalue weighted by atomic mass is 10.1. The van der Waals surface area contributed by atoms with Gasteiger partial charge in [0, 0.05) is 0 Å². The van der Waals surface area contributed by atoms with E-state index in [1.165, 1.54) is 5.57 Å². The zero-order chi connectivity index (χ0) is 11.5. The van der Waals surface area contributed by atoms with Crippen LogP contribution < -0.4 is 5.73 Å². The highest BCUT2D eigenvalue weighted by Crippen LogP contribution is 2.09. The molecule has 0 atom stereocenters. The number of hydrogen-bond donors (Lipinski definition) is 1. The Morgan fingerprint density at radius 2 is 2.00 bits per heavy atom. The summed E-state index contributed by atoms with van der Waals surface area (Å²) in [6.45, 7) is 7.75. The molecule has 1 amide bonds. The Balaban J connectivity index is 3.45. The molecule has 0 saturated carbocycles. The average molecular weight is 209 g/mol. The van der Waals surface area contributed by atoms with E-state index in [-0.39, 0.29) is 0 Å². The predicted octanol–water partition coefficient (Wildman–Crippen LogP) is 2.94. The Bertz CT molecular complexity index is 244. The van der Waals surface area contributed by atoms with Crippen molar-refractivity contribution in [2.24, 2.45) is 5.73 Å². The van der Waals surface area contributed by atoms with Gasteiger partial charge in [0.15, 0.2) is 0 Å². The van der Waals surface area contributed by atoms with Crippen LogP contribution in [0.2, 0.25) is 0 Å². The van der Waals surface area contributed by atoms with Crippen molar-refractivity contribution >= 4 is 6.09 Å². The summed E-state index contributed by atoms with van der Waals surface area (Å²) >= 11 is 0. The minimum Gasteiger partial charge on any atom is -0.450 e. The van der Waals surface area contributed by atoms with E-state index in [1.54, 1.807) is 6.08 Å². The number of carbonyl (C=O) groups is 1. The molecular weight excluding hydrogens is 190 g/mol. The van der Waals surface area contributed by atoms with Gasteiger partial charge in [0.1, 0.15) is 0 Å². The first-order valence-electron chi connectivity index (χ1n) is 5.07. The van der Waals surface area contributed by atoms with Crippen LogP contribution in [0.3, 0.4) is 0 Å². The van der Waals surface area contributed by atoms with Crippen molar-refractivity contribution in [1.82, 2.24) is 0 Å². The SMILES string of the molecule is C=C/C=C(\C=C)CCCCCOC(N)=O. The molecule has 2 N–H and O–H groups in total. The van der Waals surface area contributed by atoms with Crippen LogP contribution in [0.4, 0.5) is 4.79 Å². The molecule has 0 aliphatic rings. The average Bonchev–Trinajstić information content (AvgIpc) is 2.21. The number of nitrogens with two attached hydrogens (primary N) is 1.